The molecule has 0 aliphatic carbocycles. The molecule has 8 nitrogen and oxygen atoms in total. The quantitative estimate of drug-likeness (QED) is 0.459. The lowest BCUT2D eigenvalue weighted by molar-refractivity contribution is -0.119. The SMILES string of the molecule is CC(=O)NCC1CN(c2ccc(N3CCC(C#N)(Nc4ccc(F)c(F)c4F)CC3)c(F)c2)C(=O)O1. The summed E-state index contributed by atoms with van der Waals surface area (Å²) < 4.78 is 61.2. The Balaban J connectivity index is 1.42. The summed E-state index contributed by atoms with van der Waals surface area (Å²) in [5.74, 6) is -5.21. The molecular formula is C24H23F4N5O3. The molecule has 190 valence electrons. The summed E-state index contributed by atoms with van der Waals surface area (Å²) >= 11 is 0. The van der Waals surface area contributed by atoms with Crippen molar-refractivity contribution in [2.45, 2.75) is 31.4 Å². The van der Waals surface area contributed by atoms with Gasteiger partial charge >= 0.3 is 6.09 Å². The molecule has 2 aromatic rings. The van der Waals surface area contributed by atoms with Gasteiger partial charge in [0.25, 0.3) is 0 Å². The molecule has 2 heterocycles. The number of halogens is 4. The molecule has 12 heteroatoms. The summed E-state index contributed by atoms with van der Waals surface area (Å²) in [6, 6.07) is 8.18. The lowest BCUT2D eigenvalue weighted by atomic mass is 9.88. The van der Waals surface area contributed by atoms with Crippen molar-refractivity contribution in [2.75, 3.05) is 41.3 Å². The third kappa shape index (κ3) is 5.00. The normalized spacial score (nSPS) is 19.0. The number of anilines is 3. The molecule has 2 aliphatic heterocycles. The van der Waals surface area contributed by atoms with E-state index in [9.17, 15) is 28.0 Å². The van der Waals surface area contributed by atoms with Crippen LogP contribution in [0.15, 0.2) is 30.3 Å². The Bertz CT molecular complexity index is 1230. The largest absolute Gasteiger partial charge is 0.442 e. The minimum Gasteiger partial charge on any atom is -0.442 e. The Morgan fingerprint density at radius 1 is 1.14 bits per heavy atom. The minimum absolute atomic E-state index is 0.148. The Morgan fingerprint density at radius 2 is 1.86 bits per heavy atom. The fourth-order valence-electron chi connectivity index (χ4n) is 4.29. The summed E-state index contributed by atoms with van der Waals surface area (Å²) in [5.41, 5.74) is -1.02. The van der Waals surface area contributed by atoms with E-state index >= 15 is 4.39 Å². The van der Waals surface area contributed by atoms with Gasteiger partial charge in [0.1, 0.15) is 17.5 Å². The molecule has 2 aromatic carbocycles. The van der Waals surface area contributed by atoms with Crippen LogP contribution >= 0.6 is 0 Å². The summed E-state index contributed by atoms with van der Waals surface area (Å²) in [6.45, 7) is 2.10. The average Bonchev–Trinajstić information content (AvgIpc) is 3.24. The molecule has 0 spiro atoms. The van der Waals surface area contributed by atoms with Gasteiger partial charge in [-0.2, -0.15) is 5.26 Å². The first-order chi connectivity index (χ1) is 17.1. The smallest absolute Gasteiger partial charge is 0.414 e. The van der Waals surface area contributed by atoms with E-state index in [2.05, 4.69) is 16.7 Å². The second-order valence-corrected chi connectivity index (χ2v) is 8.72. The number of nitrogens with one attached hydrogen (secondary N) is 2. The number of benzene rings is 2. The summed E-state index contributed by atoms with van der Waals surface area (Å²) in [5, 5.41) is 15.0. The molecule has 0 aromatic heterocycles. The molecule has 0 radical (unpaired) electrons. The second kappa shape index (κ2) is 9.93. The van der Waals surface area contributed by atoms with Crippen LogP contribution < -0.4 is 20.4 Å². The molecule has 0 saturated carbocycles. The second-order valence-electron chi connectivity index (χ2n) is 8.72. The molecule has 2 saturated heterocycles. The van der Waals surface area contributed by atoms with Crippen molar-refractivity contribution in [3.63, 3.8) is 0 Å². The van der Waals surface area contributed by atoms with E-state index in [4.69, 9.17) is 4.74 Å². The van der Waals surface area contributed by atoms with Crippen LogP contribution in [-0.2, 0) is 9.53 Å². The van der Waals surface area contributed by atoms with Crippen LogP contribution in [0.1, 0.15) is 19.8 Å². The van der Waals surface area contributed by atoms with Crippen molar-refractivity contribution in [3.05, 3.63) is 53.6 Å². The van der Waals surface area contributed by atoms with E-state index in [0.29, 0.717) is 5.69 Å². The van der Waals surface area contributed by atoms with Gasteiger partial charge < -0.3 is 20.3 Å². The van der Waals surface area contributed by atoms with Gasteiger partial charge in [0.15, 0.2) is 17.5 Å². The molecule has 1 atom stereocenters. The van der Waals surface area contributed by atoms with Gasteiger partial charge in [-0.3, -0.25) is 9.69 Å². The predicted octanol–water partition coefficient (Wildman–Crippen LogP) is 3.68. The van der Waals surface area contributed by atoms with Crippen LogP contribution in [0.4, 0.5) is 39.4 Å². The first kappa shape index (κ1) is 25.1. The van der Waals surface area contributed by atoms with Gasteiger partial charge in [-0.25, -0.2) is 22.4 Å². The monoisotopic (exact) mass is 505 g/mol. The zero-order chi connectivity index (χ0) is 26.0. The number of piperidine rings is 1. The first-order valence-electron chi connectivity index (χ1n) is 11.2. The molecular weight excluding hydrogens is 482 g/mol. The van der Waals surface area contributed by atoms with Crippen LogP contribution in [0, 0.1) is 34.6 Å². The van der Waals surface area contributed by atoms with Crippen LogP contribution in [0.25, 0.3) is 0 Å². The van der Waals surface area contributed by atoms with Crippen LogP contribution in [0.3, 0.4) is 0 Å². The molecule has 2 fully saturated rings. The van der Waals surface area contributed by atoms with Crippen LogP contribution in [0.5, 0.6) is 0 Å². The summed E-state index contributed by atoms with van der Waals surface area (Å²) in [7, 11) is 0. The van der Waals surface area contributed by atoms with Gasteiger partial charge in [-0.1, -0.05) is 0 Å². The van der Waals surface area contributed by atoms with Crippen LogP contribution in [0.2, 0.25) is 0 Å². The molecule has 1 unspecified atom stereocenters. The van der Waals surface area contributed by atoms with E-state index in [1.807, 2.05) is 0 Å². The number of rotatable bonds is 6. The van der Waals surface area contributed by atoms with Gasteiger partial charge in [0, 0.05) is 32.9 Å². The van der Waals surface area contributed by atoms with Crippen molar-refractivity contribution in [2.24, 2.45) is 0 Å². The highest BCUT2D eigenvalue weighted by Crippen LogP contribution is 2.34. The van der Waals surface area contributed by atoms with Gasteiger partial charge in [-0.05, 0) is 30.3 Å². The minimum atomic E-state index is -1.63. The number of hydrogen-bond acceptors (Lipinski definition) is 6. The third-order valence-electron chi connectivity index (χ3n) is 6.28. The van der Waals surface area contributed by atoms with Crippen molar-refractivity contribution in [3.8, 4) is 6.07 Å². The summed E-state index contributed by atoms with van der Waals surface area (Å²) in [4.78, 5) is 26.2. The topological polar surface area (TPSA) is 97.7 Å². The molecule has 2 aliphatic rings. The standard InChI is InChI=1S/C24H23F4N5O3/c1-14(34)30-11-16-12-33(23(35)36-16)15-2-5-20(18(26)10-15)32-8-6-24(13-29,7-9-32)31-19-4-3-17(25)21(27)22(19)28/h2-5,10,16,31H,6-9,11-12H2,1H3,(H,30,34). The number of carbonyl (C=O) groups excluding carboxylic acids is 2. The molecule has 4 rings (SSSR count). The van der Waals surface area contributed by atoms with Crippen molar-refractivity contribution in [1.29, 1.82) is 5.26 Å². The molecule has 0 bridgehead atoms. The zero-order valence-electron chi connectivity index (χ0n) is 19.3. The highest BCUT2D eigenvalue weighted by atomic mass is 19.2. The van der Waals surface area contributed by atoms with Gasteiger partial charge in [0.05, 0.1) is 36.2 Å². The summed E-state index contributed by atoms with van der Waals surface area (Å²) in [6.07, 6.45) is -0.888. The van der Waals surface area contributed by atoms with E-state index in [-0.39, 0.29) is 56.3 Å². The van der Waals surface area contributed by atoms with Crippen molar-refractivity contribution < 1.29 is 31.9 Å². The Morgan fingerprint density at radius 3 is 2.50 bits per heavy atom. The van der Waals surface area contributed by atoms with Crippen molar-refractivity contribution in [1.82, 2.24) is 5.32 Å². The highest BCUT2D eigenvalue weighted by Gasteiger charge is 2.37. The maximum atomic E-state index is 15.0. The predicted molar refractivity (Wildman–Crippen MR) is 122 cm³/mol. The maximum Gasteiger partial charge on any atom is 0.414 e. The number of cyclic esters (lactones) is 1. The van der Waals surface area contributed by atoms with E-state index in [1.165, 1.54) is 24.0 Å². The Kier molecular flexibility index (Phi) is 6.92. The van der Waals surface area contributed by atoms with E-state index < -0.39 is 41.0 Å². The molecule has 36 heavy (non-hydrogen) atoms. The zero-order valence-corrected chi connectivity index (χ0v) is 19.3. The van der Waals surface area contributed by atoms with Crippen LogP contribution in [-0.4, -0.2) is 49.8 Å². The lowest BCUT2D eigenvalue weighted by Gasteiger charge is -2.39. The number of carbonyl (C=O) groups is 2. The number of nitrogens with zero attached hydrogens (tertiary/aromatic N) is 3. The number of amides is 2. The van der Waals surface area contributed by atoms with Gasteiger partial charge in [-0.15, -0.1) is 0 Å². The molecule has 2 amide bonds. The number of nitriles is 1. The first-order valence-corrected chi connectivity index (χ1v) is 11.2. The van der Waals surface area contributed by atoms with E-state index in [0.717, 1.165) is 12.1 Å². The fraction of sp³-hybridized carbons (Fsp3) is 0.375. The fourth-order valence-corrected chi connectivity index (χ4v) is 4.29. The lowest BCUT2D eigenvalue weighted by Crippen LogP contribution is -2.48. The maximum absolute atomic E-state index is 15.0. The number of ether oxygens (including phenoxy) is 1. The van der Waals surface area contributed by atoms with Crippen molar-refractivity contribution >= 4 is 29.1 Å². The highest BCUT2D eigenvalue weighted by molar-refractivity contribution is 5.90. The molecule has 2 N–H and O–H groups in total. The third-order valence-corrected chi connectivity index (χ3v) is 6.28. The Hall–Kier alpha value is -4.01. The number of hydrogen-bond donors (Lipinski definition) is 2. The van der Waals surface area contributed by atoms with Gasteiger partial charge in [0.2, 0.25) is 5.91 Å². The Labute approximate surface area is 204 Å². The van der Waals surface area contributed by atoms with E-state index in [1.54, 1.807) is 11.0 Å². The average molecular weight is 505 g/mol.